The lowest BCUT2D eigenvalue weighted by atomic mass is 9.99. The van der Waals surface area contributed by atoms with Crippen molar-refractivity contribution in [3.05, 3.63) is 35.9 Å². The van der Waals surface area contributed by atoms with Gasteiger partial charge >= 0.3 is 0 Å². The van der Waals surface area contributed by atoms with Gasteiger partial charge in [0.2, 0.25) is 0 Å². The Morgan fingerprint density at radius 2 is 2.00 bits per heavy atom. The summed E-state index contributed by atoms with van der Waals surface area (Å²) in [5, 5.41) is 19.4. The van der Waals surface area contributed by atoms with Gasteiger partial charge in [0.1, 0.15) is 18.3 Å². The molecule has 6 nitrogen and oxygen atoms in total. The Bertz CT molecular complexity index is 555. The van der Waals surface area contributed by atoms with Crippen LogP contribution in [0, 0.1) is 11.3 Å². The molecule has 118 valence electrons. The van der Waals surface area contributed by atoms with E-state index in [4.69, 9.17) is 24.2 Å². The smallest absolute Gasteiger partial charge is 0.191 e. The molecule has 0 aliphatic carbocycles. The van der Waals surface area contributed by atoms with E-state index in [1.165, 1.54) is 0 Å². The number of ether oxygens (including phenoxy) is 4. The van der Waals surface area contributed by atoms with Crippen molar-refractivity contribution in [1.82, 2.24) is 0 Å². The molecule has 3 rings (SSSR count). The minimum atomic E-state index is -1.09. The normalized spacial score (nSPS) is 36.5. The van der Waals surface area contributed by atoms with Gasteiger partial charge in [-0.3, -0.25) is 0 Å². The van der Waals surface area contributed by atoms with Crippen LogP contribution in [-0.2, 0) is 25.6 Å². The Balaban J connectivity index is 1.75. The summed E-state index contributed by atoms with van der Waals surface area (Å²) in [7, 11) is 0. The molecule has 2 fully saturated rings. The summed E-state index contributed by atoms with van der Waals surface area (Å²) in [4.78, 5) is 0. The number of hydrogen-bond acceptors (Lipinski definition) is 6. The van der Waals surface area contributed by atoms with E-state index < -0.39 is 36.5 Å². The van der Waals surface area contributed by atoms with Crippen LogP contribution in [0.15, 0.2) is 30.3 Å². The third-order valence-electron chi connectivity index (χ3n) is 3.75. The highest BCUT2D eigenvalue weighted by Crippen LogP contribution is 2.37. The van der Waals surface area contributed by atoms with Crippen LogP contribution >= 0.6 is 0 Å². The third-order valence-corrected chi connectivity index (χ3v) is 3.75. The van der Waals surface area contributed by atoms with E-state index in [1.807, 2.05) is 36.4 Å². The first-order valence-electron chi connectivity index (χ1n) is 7.24. The Kier molecular flexibility index (Phi) is 4.17. The van der Waals surface area contributed by atoms with Gasteiger partial charge < -0.3 is 24.1 Å². The van der Waals surface area contributed by atoms with Crippen molar-refractivity contribution < 1.29 is 24.1 Å². The van der Waals surface area contributed by atoms with Crippen LogP contribution in [0.4, 0.5) is 0 Å². The lowest BCUT2D eigenvalue weighted by Crippen LogP contribution is -2.56. The van der Waals surface area contributed by atoms with Crippen LogP contribution in [-0.4, -0.2) is 41.6 Å². The third kappa shape index (κ3) is 3.00. The van der Waals surface area contributed by atoms with E-state index in [-0.39, 0.29) is 0 Å². The molecule has 6 heteroatoms. The van der Waals surface area contributed by atoms with Crippen LogP contribution in [0.3, 0.4) is 0 Å². The number of aliphatic hydroxyl groups is 1. The predicted molar refractivity (Wildman–Crippen MR) is 75.3 cm³/mol. The van der Waals surface area contributed by atoms with Gasteiger partial charge in [0, 0.05) is 0 Å². The van der Waals surface area contributed by atoms with Gasteiger partial charge in [-0.25, -0.2) is 0 Å². The van der Waals surface area contributed by atoms with Crippen LogP contribution < -0.4 is 0 Å². The molecule has 1 N–H and O–H groups in total. The number of fused-ring (bicyclic) bond motifs is 1. The van der Waals surface area contributed by atoms with Crippen molar-refractivity contribution in [2.45, 2.75) is 56.9 Å². The Morgan fingerprint density at radius 1 is 1.27 bits per heavy atom. The van der Waals surface area contributed by atoms with E-state index in [9.17, 15) is 5.11 Å². The average molecular weight is 305 g/mol. The molecule has 0 amide bonds. The predicted octanol–water partition coefficient (Wildman–Crippen LogP) is 1.33. The van der Waals surface area contributed by atoms with Crippen molar-refractivity contribution in [1.29, 1.82) is 5.26 Å². The second kappa shape index (κ2) is 5.95. The van der Waals surface area contributed by atoms with Gasteiger partial charge in [0.15, 0.2) is 18.2 Å². The highest BCUT2D eigenvalue weighted by atomic mass is 16.8. The fourth-order valence-corrected chi connectivity index (χ4v) is 2.74. The molecule has 0 unspecified atom stereocenters. The summed E-state index contributed by atoms with van der Waals surface area (Å²) in [5.41, 5.74) is 0.976. The average Bonchev–Trinajstić information content (AvgIpc) is 2.81. The molecule has 0 radical (unpaired) electrons. The first-order chi connectivity index (χ1) is 10.5. The highest BCUT2D eigenvalue weighted by molar-refractivity contribution is 5.13. The zero-order valence-electron chi connectivity index (χ0n) is 12.5. The Hall–Kier alpha value is -1.49. The van der Waals surface area contributed by atoms with E-state index >= 15 is 0 Å². The van der Waals surface area contributed by atoms with E-state index in [2.05, 4.69) is 0 Å². The topological polar surface area (TPSA) is 80.9 Å². The number of nitrogens with zero attached hydrogens (tertiary/aromatic N) is 1. The fraction of sp³-hybridized carbons (Fsp3) is 0.562. The molecule has 2 aliphatic rings. The minimum absolute atomic E-state index is 0.313. The molecule has 1 aromatic rings. The monoisotopic (exact) mass is 305 g/mol. The number of benzene rings is 1. The molecule has 2 aliphatic heterocycles. The molecule has 2 heterocycles. The Morgan fingerprint density at radius 3 is 2.68 bits per heavy atom. The largest absolute Gasteiger partial charge is 0.386 e. The van der Waals surface area contributed by atoms with Crippen LogP contribution in [0.1, 0.15) is 19.4 Å². The van der Waals surface area contributed by atoms with Crippen molar-refractivity contribution in [2.75, 3.05) is 0 Å². The van der Waals surface area contributed by atoms with Gasteiger partial charge in [-0.15, -0.1) is 0 Å². The maximum absolute atomic E-state index is 10.3. The number of hydrogen-bond donors (Lipinski definition) is 1. The molecule has 1 aromatic carbocycles. The number of aliphatic hydroxyl groups excluding tert-OH is 1. The lowest BCUT2D eigenvalue weighted by Gasteiger charge is -2.37. The second-order valence-electron chi connectivity index (χ2n) is 5.91. The Labute approximate surface area is 129 Å². The molecule has 0 saturated carbocycles. The van der Waals surface area contributed by atoms with Crippen LogP contribution in [0.2, 0.25) is 0 Å². The molecule has 0 aromatic heterocycles. The van der Waals surface area contributed by atoms with Crippen LogP contribution in [0.5, 0.6) is 0 Å². The number of nitriles is 1. The van der Waals surface area contributed by atoms with Gasteiger partial charge in [-0.2, -0.15) is 5.26 Å². The van der Waals surface area contributed by atoms with Crippen molar-refractivity contribution in [3.8, 4) is 6.07 Å². The van der Waals surface area contributed by atoms with Gasteiger partial charge in [-0.05, 0) is 19.4 Å². The quantitative estimate of drug-likeness (QED) is 0.907. The molecule has 5 atom stereocenters. The lowest BCUT2D eigenvalue weighted by molar-refractivity contribution is -0.246. The summed E-state index contributed by atoms with van der Waals surface area (Å²) in [6.45, 7) is 3.83. The second-order valence-corrected chi connectivity index (χ2v) is 5.91. The first-order valence-corrected chi connectivity index (χ1v) is 7.24. The van der Waals surface area contributed by atoms with Crippen LogP contribution in [0.25, 0.3) is 0 Å². The SMILES string of the molecule is CC1(C)O[C@H]2O[C@@H](C#N)[C@@H](O)[C@H](OCc3ccccc3)[C@H]2O1. The van der Waals surface area contributed by atoms with Crippen molar-refractivity contribution in [2.24, 2.45) is 0 Å². The van der Waals surface area contributed by atoms with Gasteiger partial charge in [0.25, 0.3) is 0 Å². The zero-order valence-corrected chi connectivity index (χ0v) is 12.5. The van der Waals surface area contributed by atoms with E-state index in [0.29, 0.717) is 6.61 Å². The number of rotatable bonds is 3. The minimum Gasteiger partial charge on any atom is -0.386 e. The molecule has 22 heavy (non-hydrogen) atoms. The standard InChI is InChI=1S/C16H19NO5/c1-16(2)21-14-13(19-9-10-6-4-3-5-7-10)12(18)11(8-17)20-15(14)22-16/h3-7,11-15,18H,9H2,1-2H3/t11-,12+,13-,14+,15+/m0/s1. The van der Waals surface area contributed by atoms with Gasteiger partial charge in [0.05, 0.1) is 12.7 Å². The summed E-state index contributed by atoms with van der Waals surface area (Å²) in [6.07, 6.45) is -4.07. The van der Waals surface area contributed by atoms with Gasteiger partial charge in [-0.1, -0.05) is 30.3 Å². The van der Waals surface area contributed by atoms with E-state index in [1.54, 1.807) is 13.8 Å². The molecular weight excluding hydrogens is 286 g/mol. The molecule has 2 saturated heterocycles. The van der Waals surface area contributed by atoms with Crippen molar-refractivity contribution >= 4 is 0 Å². The molecular formula is C16H19NO5. The highest BCUT2D eigenvalue weighted by Gasteiger charge is 2.55. The maximum Gasteiger partial charge on any atom is 0.191 e. The molecule has 0 bridgehead atoms. The first kappa shape index (κ1) is 15.4. The molecule has 0 spiro atoms. The maximum atomic E-state index is 10.3. The van der Waals surface area contributed by atoms with E-state index in [0.717, 1.165) is 5.56 Å². The summed E-state index contributed by atoms with van der Waals surface area (Å²) >= 11 is 0. The summed E-state index contributed by atoms with van der Waals surface area (Å²) < 4.78 is 22.7. The summed E-state index contributed by atoms with van der Waals surface area (Å²) in [5.74, 6) is -0.840. The van der Waals surface area contributed by atoms with Crippen molar-refractivity contribution in [3.63, 3.8) is 0 Å². The zero-order chi connectivity index (χ0) is 15.7. The fourth-order valence-electron chi connectivity index (χ4n) is 2.74. The summed E-state index contributed by atoms with van der Waals surface area (Å²) in [6, 6.07) is 11.5.